The number of ether oxygens (including phenoxy) is 1. The van der Waals surface area contributed by atoms with Crippen LogP contribution in [0.1, 0.15) is 104 Å². The third kappa shape index (κ3) is 19.6. The van der Waals surface area contributed by atoms with Crippen molar-refractivity contribution in [1.82, 2.24) is 0 Å². The summed E-state index contributed by atoms with van der Waals surface area (Å²) in [7, 11) is 0. The van der Waals surface area contributed by atoms with E-state index in [1.807, 2.05) is 0 Å². The van der Waals surface area contributed by atoms with Gasteiger partial charge in [-0.05, 0) is 13.3 Å². The molecule has 144 valence electrons. The number of carboxylic acid groups (broad SMARTS) is 1. The fourth-order valence-corrected chi connectivity index (χ4v) is 2.55. The van der Waals surface area contributed by atoms with Crippen LogP contribution in [0.5, 0.6) is 0 Å². The van der Waals surface area contributed by atoms with Gasteiger partial charge in [0, 0.05) is 6.42 Å². The van der Waals surface area contributed by atoms with Crippen LogP contribution in [0.2, 0.25) is 0 Å². The third-order valence-corrected chi connectivity index (χ3v) is 4.19. The molecule has 0 heterocycles. The Morgan fingerprint density at radius 2 is 1.20 bits per heavy atom. The van der Waals surface area contributed by atoms with Crippen LogP contribution < -0.4 is 0 Å². The summed E-state index contributed by atoms with van der Waals surface area (Å²) in [6, 6.07) is 0. The third-order valence-electron chi connectivity index (χ3n) is 4.19. The monoisotopic (exact) mass is 366 g/mol. The highest BCUT2D eigenvalue weighted by Crippen LogP contribution is 2.13. The van der Waals surface area contributed by atoms with Crippen molar-refractivity contribution in [1.29, 1.82) is 0 Å². The maximum Gasteiger partial charge on any atom is 0.334 e. The van der Waals surface area contributed by atoms with Gasteiger partial charge >= 0.3 is 35.0 Å². The lowest BCUT2D eigenvalue weighted by atomic mass is 10.0. The number of hydrogen-bond donors (Lipinski definition) is 1. The zero-order valence-corrected chi connectivity index (χ0v) is 15.6. The van der Waals surface area contributed by atoms with E-state index in [4.69, 9.17) is 9.84 Å². The Labute approximate surface area is 169 Å². The number of hydrogen-bond acceptors (Lipinski definition) is 3. The Morgan fingerprint density at radius 1 is 0.800 bits per heavy atom. The molecule has 0 aliphatic rings. The molecule has 0 fully saturated rings. The normalized spacial score (nSPS) is 11.0. The van der Waals surface area contributed by atoms with Gasteiger partial charge in [-0.2, -0.15) is 0 Å². The lowest BCUT2D eigenvalue weighted by molar-refractivity contribution is -0.138. The van der Waals surface area contributed by atoms with Crippen molar-refractivity contribution < 1.29 is 19.4 Å². The summed E-state index contributed by atoms with van der Waals surface area (Å²) < 4.78 is 4.79. The molecule has 0 aliphatic heterocycles. The lowest BCUT2D eigenvalue weighted by Crippen LogP contribution is -2.02. The fourth-order valence-electron chi connectivity index (χ4n) is 2.55. The molecule has 0 amide bonds. The van der Waals surface area contributed by atoms with E-state index >= 15 is 0 Å². The van der Waals surface area contributed by atoms with Crippen molar-refractivity contribution in [2.24, 2.45) is 0 Å². The van der Waals surface area contributed by atoms with Gasteiger partial charge in [0.2, 0.25) is 0 Å². The molecule has 1 N–H and O–H groups in total. The van der Waals surface area contributed by atoms with Crippen LogP contribution in [0, 0.1) is 0 Å². The predicted molar refractivity (Wildman–Crippen MR) is 106 cm³/mol. The van der Waals surface area contributed by atoms with Gasteiger partial charge in [0.15, 0.2) is 0 Å². The Bertz CT molecular complexity index is 367. The van der Waals surface area contributed by atoms with Crippen LogP contribution >= 0.6 is 0 Å². The molecule has 0 aromatic rings. The number of carbonyl (C=O) groups excluding carboxylic acids is 1. The molecule has 0 atom stereocenters. The van der Waals surface area contributed by atoms with E-state index in [0.29, 0.717) is 6.42 Å². The Kier molecular flexibility index (Phi) is 21.1. The molecule has 0 bridgehead atoms. The first-order chi connectivity index (χ1) is 11.6. The molecule has 0 aromatic heterocycles. The van der Waals surface area contributed by atoms with Crippen LogP contribution in [-0.2, 0) is 14.3 Å². The molecular weight excluding hydrogens is 329 g/mol. The van der Waals surface area contributed by atoms with Gasteiger partial charge in [-0.15, -0.1) is 0 Å². The zero-order chi connectivity index (χ0) is 18.0. The molecule has 0 rings (SSSR count). The largest absolute Gasteiger partial charge is 0.478 e. The van der Waals surface area contributed by atoms with Crippen molar-refractivity contribution >= 4 is 35.0 Å². The van der Waals surface area contributed by atoms with Gasteiger partial charge in [-0.25, -0.2) is 4.79 Å². The fraction of sp³-hybridized carbons (Fsp3) is 0.800. The Hall–Kier alpha value is -0.554. The Balaban J connectivity index is 0. The maximum atomic E-state index is 11.4. The molecule has 0 aliphatic carbocycles. The molecule has 25 heavy (non-hydrogen) atoms. The zero-order valence-electron chi connectivity index (χ0n) is 15.6. The number of esters is 1. The minimum Gasteiger partial charge on any atom is -0.478 e. The second-order valence-corrected chi connectivity index (χ2v) is 6.59. The molecule has 5 heteroatoms. The van der Waals surface area contributed by atoms with Gasteiger partial charge < -0.3 is 9.84 Å². The summed E-state index contributed by atoms with van der Waals surface area (Å²) in [6.07, 6.45) is 17.9. The Morgan fingerprint density at radius 3 is 1.60 bits per heavy atom. The number of rotatable bonds is 16. The maximum absolute atomic E-state index is 11.4. The molecule has 0 aromatic carbocycles. The van der Waals surface area contributed by atoms with Crippen molar-refractivity contribution in [3.05, 3.63) is 11.8 Å². The topological polar surface area (TPSA) is 63.6 Å². The summed E-state index contributed by atoms with van der Waals surface area (Å²) in [4.78, 5) is 21.9. The van der Waals surface area contributed by atoms with Crippen molar-refractivity contribution in [3.63, 3.8) is 0 Å². The number of aliphatic carboxylic acids is 1. The van der Waals surface area contributed by atoms with Crippen molar-refractivity contribution in [2.45, 2.75) is 104 Å². The van der Waals surface area contributed by atoms with E-state index in [2.05, 4.69) is 6.92 Å². The molecule has 0 saturated heterocycles. The number of carboxylic acids is 1. The minimum atomic E-state index is -1.07. The summed E-state index contributed by atoms with van der Waals surface area (Å²) in [5, 5.41) is 8.63. The standard InChI is InChI=1S/C20H36O4.Mg.2H/c1-3-4-5-6-7-8-9-10-11-12-13-14-15-16-19(21)24-17-18(2)20(22)23;;;/h17H,3-16H2,1-2H3,(H,22,23);;;. The van der Waals surface area contributed by atoms with Crippen molar-refractivity contribution in [2.75, 3.05) is 0 Å². The van der Waals surface area contributed by atoms with E-state index in [1.165, 1.54) is 71.1 Å². The number of carbonyl (C=O) groups is 2. The van der Waals surface area contributed by atoms with E-state index in [-0.39, 0.29) is 34.6 Å². The van der Waals surface area contributed by atoms with Crippen LogP contribution in [0.15, 0.2) is 11.8 Å². The highest BCUT2D eigenvalue weighted by molar-refractivity contribution is 5.85. The van der Waals surface area contributed by atoms with Gasteiger partial charge in [0.05, 0.1) is 5.57 Å². The van der Waals surface area contributed by atoms with E-state index in [1.54, 1.807) is 0 Å². The minimum absolute atomic E-state index is 0. The van der Waals surface area contributed by atoms with Gasteiger partial charge in [-0.3, -0.25) is 4.79 Å². The highest BCUT2D eigenvalue weighted by atomic mass is 24.3. The molecule has 4 nitrogen and oxygen atoms in total. The average Bonchev–Trinajstić information content (AvgIpc) is 2.56. The summed E-state index contributed by atoms with van der Waals surface area (Å²) in [5.41, 5.74) is 0.0358. The van der Waals surface area contributed by atoms with Crippen LogP contribution in [-0.4, -0.2) is 40.1 Å². The first-order valence-electron chi connectivity index (χ1n) is 9.67. The van der Waals surface area contributed by atoms with Crippen LogP contribution in [0.3, 0.4) is 0 Å². The molecular formula is C20H38MgO4. The second kappa shape index (κ2) is 19.8. The highest BCUT2D eigenvalue weighted by Gasteiger charge is 2.04. The quantitative estimate of drug-likeness (QED) is 0.136. The van der Waals surface area contributed by atoms with Crippen LogP contribution in [0.25, 0.3) is 0 Å². The smallest absolute Gasteiger partial charge is 0.334 e. The first kappa shape index (κ1) is 26.7. The van der Waals surface area contributed by atoms with Gasteiger partial charge in [-0.1, -0.05) is 84.0 Å². The lowest BCUT2D eigenvalue weighted by Gasteiger charge is -2.03. The number of unbranched alkanes of at least 4 members (excludes halogenated alkanes) is 12. The summed E-state index contributed by atoms with van der Waals surface area (Å²) >= 11 is 0. The molecule has 0 spiro atoms. The van der Waals surface area contributed by atoms with Crippen LogP contribution in [0.4, 0.5) is 0 Å². The van der Waals surface area contributed by atoms with Gasteiger partial charge in [0.25, 0.3) is 0 Å². The predicted octanol–water partition coefficient (Wildman–Crippen LogP) is 5.08. The summed E-state index contributed by atoms with van der Waals surface area (Å²) in [6.45, 7) is 3.65. The first-order valence-corrected chi connectivity index (χ1v) is 9.67. The van der Waals surface area contributed by atoms with E-state index < -0.39 is 5.97 Å². The summed E-state index contributed by atoms with van der Waals surface area (Å²) in [5.74, 6) is -1.41. The second-order valence-electron chi connectivity index (χ2n) is 6.59. The van der Waals surface area contributed by atoms with Gasteiger partial charge in [0.1, 0.15) is 6.26 Å². The van der Waals surface area contributed by atoms with E-state index in [9.17, 15) is 9.59 Å². The van der Waals surface area contributed by atoms with Crippen molar-refractivity contribution in [3.8, 4) is 0 Å². The molecule has 0 radical (unpaired) electrons. The molecule has 0 unspecified atom stereocenters. The SMILES string of the molecule is CCCCCCCCCCCCCCCC(=O)OC=C(C)C(=O)O.[MgH2]. The van der Waals surface area contributed by atoms with E-state index in [0.717, 1.165) is 25.5 Å². The average molecular weight is 367 g/mol. The molecule has 0 saturated carbocycles.